The van der Waals surface area contributed by atoms with Gasteiger partial charge >= 0.3 is 11.9 Å². The van der Waals surface area contributed by atoms with Crippen LogP contribution in [0.15, 0.2) is 18.2 Å². The molecule has 8 heteroatoms. The van der Waals surface area contributed by atoms with Crippen molar-refractivity contribution in [2.75, 3.05) is 12.8 Å². The average molecular weight is 379 g/mol. The van der Waals surface area contributed by atoms with Gasteiger partial charge in [0.15, 0.2) is 6.10 Å². The van der Waals surface area contributed by atoms with Crippen LogP contribution in [0.4, 0.5) is 5.69 Å². The Morgan fingerprint density at radius 3 is 2.42 bits per heavy atom. The van der Waals surface area contributed by atoms with Gasteiger partial charge in [-0.15, -0.1) is 0 Å². The molecule has 1 aromatic heterocycles. The molecule has 2 rings (SSSR count). The summed E-state index contributed by atoms with van der Waals surface area (Å²) >= 11 is 5.82. The van der Waals surface area contributed by atoms with Crippen molar-refractivity contribution in [1.82, 2.24) is 4.98 Å². The zero-order chi connectivity index (χ0) is 19.6. The standard InChI is InChI=1S/C18H19ClN2O5/c1-8-14(18(24)25-4)9(2)21-15(8)16(22)10(3)26-17(23)11-5-6-12(19)13(20)7-11/h5-7,10,21H,20H2,1-4H3/t10-/m1/s1. The quantitative estimate of drug-likeness (QED) is 0.469. The second kappa shape index (κ2) is 7.61. The van der Waals surface area contributed by atoms with Crippen molar-refractivity contribution in [1.29, 1.82) is 0 Å². The Kier molecular flexibility index (Phi) is 5.72. The Balaban J connectivity index is 2.21. The van der Waals surface area contributed by atoms with Crippen LogP contribution in [0.25, 0.3) is 0 Å². The van der Waals surface area contributed by atoms with Crippen LogP contribution in [0.5, 0.6) is 0 Å². The van der Waals surface area contributed by atoms with Gasteiger partial charge in [-0.25, -0.2) is 9.59 Å². The maximum Gasteiger partial charge on any atom is 0.339 e. The number of rotatable bonds is 5. The van der Waals surface area contributed by atoms with E-state index in [4.69, 9.17) is 26.8 Å². The van der Waals surface area contributed by atoms with Crippen LogP contribution in [0.3, 0.4) is 0 Å². The van der Waals surface area contributed by atoms with E-state index >= 15 is 0 Å². The van der Waals surface area contributed by atoms with E-state index in [9.17, 15) is 14.4 Å². The minimum absolute atomic E-state index is 0.182. The number of nitrogen functional groups attached to an aromatic ring is 1. The molecule has 1 aromatic carbocycles. The molecule has 0 amide bonds. The molecule has 0 unspecified atom stereocenters. The van der Waals surface area contributed by atoms with Crippen LogP contribution in [0, 0.1) is 13.8 Å². The predicted molar refractivity (Wildman–Crippen MR) is 96.7 cm³/mol. The third-order valence-corrected chi connectivity index (χ3v) is 4.30. The number of aromatic nitrogens is 1. The van der Waals surface area contributed by atoms with Gasteiger partial charge in [0.05, 0.1) is 34.6 Å². The number of halogens is 1. The first kappa shape index (κ1) is 19.5. The highest BCUT2D eigenvalue weighted by Gasteiger charge is 2.27. The van der Waals surface area contributed by atoms with Gasteiger partial charge in [-0.2, -0.15) is 0 Å². The van der Waals surface area contributed by atoms with Gasteiger partial charge < -0.3 is 20.2 Å². The van der Waals surface area contributed by atoms with Gasteiger partial charge in [0, 0.05) is 5.69 Å². The van der Waals surface area contributed by atoms with Gasteiger partial charge in [-0.05, 0) is 44.5 Å². The molecule has 1 heterocycles. The van der Waals surface area contributed by atoms with Crippen molar-refractivity contribution >= 4 is 35.0 Å². The first-order chi connectivity index (χ1) is 12.2. The Bertz CT molecular complexity index is 888. The maximum absolute atomic E-state index is 12.6. The first-order valence-electron chi connectivity index (χ1n) is 7.75. The summed E-state index contributed by atoms with van der Waals surface area (Å²) in [6, 6.07) is 4.31. The summed E-state index contributed by atoms with van der Waals surface area (Å²) in [5.74, 6) is -1.71. The van der Waals surface area contributed by atoms with Crippen LogP contribution >= 0.6 is 11.6 Å². The highest BCUT2D eigenvalue weighted by atomic mass is 35.5. The normalized spacial score (nSPS) is 11.7. The lowest BCUT2D eigenvalue weighted by atomic mass is 10.1. The van der Waals surface area contributed by atoms with E-state index in [1.807, 2.05) is 0 Å². The highest BCUT2D eigenvalue weighted by Crippen LogP contribution is 2.22. The Hall–Kier alpha value is -2.80. The molecule has 0 saturated carbocycles. The van der Waals surface area contributed by atoms with E-state index in [1.165, 1.54) is 32.2 Å². The predicted octanol–water partition coefficient (Wildman–Crippen LogP) is 3.08. The second-order valence-electron chi connectivity index (χ2n) is 5.76. The summed E-state index contributed by atoms with van der Waals surface area (Å²) in [6.45, 7) is 4.73. The fraction of sp³-hybridized carbons (Fsp3) is 0.278. The Morgan fingerprint density at radius 1 is 1.19 bits per heavy atom. The Morgan fingerprint density at radius 2 is 1.85 bits per heavy atom. The molecule has 2 aromatic rings. The fourth-order valence-electron chi connectivity index (χ4n) is 2.56. The molecule has 0 aliphatic heterocycles. The lowest BCUT2D eigenvalue weighted by molar-refractivity contribution is 0.0317. The number of aromatic amines is 1. The minimum atomic E-state index is -1.07. The first-order valence-corrected chi connectivity index (χ1v) is 8.12. The van der Waals surface area contributed by atoms with Crippen molar-refractivity contribution < 1.29 is 23.9 Å². The van der Waals surface area contributed by atoms with E-state index in [2.05, 4.69) is 4.98 Å². The summed E-state index contributed by atoms with van der Waals surface area (Å²) in [5.41, 5.74) is 7.51. The molecule has 7 nitrogen and oxygen atoms in total. The molecule has 26 heavy (non-hydrogen) atoms. The molecule has 0 aliphatic rings. The maximum atomic E-state index is 12.6. The summed E-state index contributed by atoms with van der Waals surface area (Å²) < 4.78 is 9.93. The van der Waals surface area contributed by atoms with Crippen LogP contribution < -0.4 is 5.73 Å². The van der Waals surface area contributed by atoms with Crippen LogP contribution in [0.1, 0.15) is 49.4 Å². The number of methoxy groups -OCH3 is 1. The van der Waals surface area contributed by atoms with Gasteiger partial charge in [-0.1, -0.05) is 11.6 Å². The fourth-order valence-corrected chi connectivity index (χ4v) is 2.68. The molecule has 3 N–H and O–H groups in total. The summed E-state index contributed by atoms with van der Waals surface area (Å²) in [7, 11) is 1.26. The number of nitrogens with one attached hydrogen (secondary N) is 1. The number of carbonyl (C=O) groups is 3. The monoisotopic (exact) mass is 378 g/mol. The molecular formula is C18H19ClN2O5. The number of nitrogens with two attached hydrogens (primary N) is 1. The zero-order valence-electron chi connectivity index (χ0n) is 14.8. The Labute approximate surface area is 155 Å². The minimum Gasteiger partial charge on any atom is -0.465 e. The number of aryl methyl sites for hydroxylation is 1. The molecule has 0 spiro atoms. The van der Waals surface area contributed by atoms with Crippen LogP contribution in [-0.2, 0) is 9.47 Å². The van der Waals surface area contributed by atoms with Crippen molar-refractivity contribution in [2.24, 2.45) is 0 Å². The van der Waals surface area contributed by atoms with Gasteiger partial charge in [-0.3, -0.25) is 4.79 Å². The molecular weight excluding hydrogens is 360 g/mol. The SMILES string of the molecule is COC(=O)c1c(C)[nH]c(C(=O)[C@@H](C)OC(=O)c2ccc(Cl)c(N)c2)c1C. The summed E-state index contributed by atoms with van der Waals surface area (Å²) in [6.07, 6.45) is -1.07. The van der Waals surface area contributed by atoms with Crippen molar-refractivity contribution in [3.63, 3.8) is 0 Å². The number of ketones is 1. The second-order valence-corrected chi connectivity index (χ2v) is 6.17. The lowest BCUT2D eigenvalue weighted by Crippen LogP contribution is -2.25. The number of anilines is 1. The molecule has 0 fully saturated rings. The molecule has 138 valence electrons. The number of ether oxygens (including phenoxy) is 2. The van der Waals surface area contributed by atoms with E-state index < -0.39 is 23.8 Å². The molecule has 1 atom stereocenters. The third-order valence-electron chi connectivity index (χ3n) is 3.96. The van der Waals surface area contributed by atoms with Crippen molar-refractivity contribution in [3.05, 3.63) is 51.3 Å². The molecule has 0 radical (unpaired) electrons. The van der Waals surface area contributed by atoms with Gasteiger partial charge in [0.1, 0.15) is 0 Å². The average Bonchev–Trinajstić information content (AvgIpc) is 2.90. The number of esters is 2. The van der Waals surface area contributed by atoms with Crippen molar-refractivity contribution in [2.45, 2.75) is 26.9 Å². The van der Waals surface area contributed by atoms with Crippen LogP contribution in [0.2, 0.25) is 5.02 Å². The number of hydrogen-bond donors (Lipinski definition) is 2. The van der Waals surface area contributed by atoms with E-state index in [0.29, 0.717) is 21.8 Å². The highest BCUT2D eigenvalue weighted by molar-refractivity contribution is 6.33. The topological polar surface area (TPSA) is 111 Å². The third kappa shape index (κ3) is 3.72. The number of hydrogen-bond acceptors (Lipinski definition) is 6. The summed E-state index contributed by atoms with van der Waals surface area (Å²) in [4.78, 5) is 39.5. The number of Topliss-reactive ketones (excluding diaryl/α,β-unsaturated/α-hetero) is 1. The number of H-pyrrole nitrogens is 1. The number of benzene rings is 1. The van der Waals surface area contributed by atoms with Crippen molar-refractivity contribution in [3.8, 4) is 0 Å². The smallest absolute Gasteiger partial charge is 0.339 e. The largest absolute Gasteiger partial charge is 0.465 e. The lowest BCUT2D eigenvalue weighted by Gasteiger charge is -2.12. The molecule has 0 bridgehead atoms. The van der Waals surface area contributed by atoms with E-state index in [0.717, 1.165) is 0 Å². The van der Waals surface area contributed by atoms with E-state index in [-0.39, 0.29) is 16.9 Å². The van der Waals surface area contributed by atoms with Gasteiger partial charge in [0.2, 0.25) is 5.78 Å². The zero-order valence-corrected chi connectivity index (χ0v) is 15.6. The van der Waals surface area contributed by atoms with Gasteiger partial charge in [0.25, 0.3) is 0 Å². The molecule has 0 saturated heterocycles. The summed E-state index contributed by atoms with van der Waals surface area (Å²) in [5, 5.41) is 0.318. The van der Waals surface area contributed by atoms with Crippen LogP contribution in [-0.4, -0.2) is 35.9 Å². The molecule has 0 aliphatic carbocycles. The van der Waals surface area contributed by atoms with E-state index in [1.54, 1.807) is 13.8 Å². The number of carbonyl (C=O) groups excluding carboxylic acids is 3.